The molecule has 1 saturated heterocycles. The van der Waals surface area contributed by atoms with Crippen LogP contribution in [0.3, 0.4) is 0 Å². The summed E-state index contributed by atoms with van der Waals surface area (Å²) in [4.78, 5) is 31.7. The van der Waals surface area contributed by atoms with E-state index in [4.69, 9.17) is 5.41 Å². The predicted octanol–water partition coefficient (Wildman–Crippen LogP) is 0.568. The number of rotatable bonds is 4. The molecule has 3 heterocycles. The van der Waals surface area contributed by atoms with Crippen molar-refractivity contribution in [1.82, 2.24) is 19.8 Å². The molecule has 2 aromatic rings. The van der Waals surface area contributed by atoms with Crippen LogP contribution in [0.1, 0.15) is 42.6 Å². The van der Waals surface area contributed by atoms with Crippen LogP contribution in [0, 0.1) is 11.7 Å². The Bertz CT molecular complexity index is 1050. The number of benzene rings is 1. The molecule has 0 aliphatic carbocycles. The van der Waals surface area contributed by atoms with Crippen molar-refractivity contribution >= 4 is 23.1 Å². The number of hydrogen-bond donors (Lipinski definition) is 2. The fourth-order valence-corrected chi connectivity index (χ4v) is 3.98. The number of nitrogens with zero attached hydrogens (tertiary/aromatic N) is 3. The Labute approximate surface area is 167 Å². The molecule has 0 spiro atoms. The van der Waals surface area contributed by atoms with Crippen molar-refractivity contribution < 1.29 is 19.4 Å². The Kier molecular flexibility index (Phi) is 4.37. The average molecular weight is 396 g/mol. The quantitative estimate of drug-likeness (QED) is 0.740. The molecule has 0 bridgehead atoms. The van der Waals surface area contributed by atoms with Gasteiger partial charge in [-0.25, -0.2) is 9.37 Å². The second-order valence-electron chi connectivity index (χ2n) is 7.75. The van der Waals surface area contributed by atoms with E-state index >= 15 is 0 Å². The van der Waals surface area contributed by atoms with E-state index in [-0.39, 0.29) is 23.5 Å². The van der Waals surface area contributed by atoms with E-state index in [9.17, 15) is 14.0 Å². The zero-order chi connectivity index (χ0) is 20.9. The first-order valence-corrected chi connectivity index (χ1v) is 9.54. The number of nitrogens with one attached hydrogen (secondary N) is 1. The number of fused-ring (bicyclic) bond motifs is 3. The maximum Gasteiger partial charge on any atom is 0.274 e. The van der Waals surface area contributed by atoms with Crippen LogP contribution < -0.4 is 10.7 Å². The van der Waals surface area contributed by atoms with Crippen molar-refractivity contribution in [3.05, 3.63) is 59.4 Å². The van der Waals surface area contributed by atoms with Gasteiger partial charge in [-0.2, -0.15) is 0 Å². The molecule has 4 rings (SSSR count). The van der Waals surface area contributed by atoms with Crippen molar-refractivity contribution in [2.75, 3.05) is 13.1 Å². The molecule has 0 radical (unpaired) electrons. The molecule has 3 N–H and O–H groups in total. The molecule has 2 aliphatic rings. The fraction of sp³-hybridized carbons (Fsp3) is 0.333. The number of hydrogen-bond acceptors (Lipinski definition) is 3. The summed E-state index contributed by atoms with van der Waals surface area (Å²) in [6, 6.07) is 5.91. The van der Waals surface area contributed by atoms with Gasteiger partial charge in [-0.3, -0.25) is 19.6 Å². The lowest BCUT2D eigenvalue weighted by atomic mass is 9.97. The molecule has 150 valence electrons. The van der Waals surface area contributed by atoms with E-state index < -0.39 is 5.66 Å². The third-order valence-corrected chi connectivity index (χ3v) is 5.61. The van der Waals surface area contributed by atoms with Crippen LogP contribution in [-0.2, 0) is 10.5 Å². The summed E-state index contributed by atoms with van der Waals surface area (Å²) in [6.07, 6.45) is 3.30. The van der Waals surface area contributed by atoms with E-state index in [0.29, 0.717) is 35.9 Å². The normalized spacial score (nSPS) is 21.3. The highest BCUT2D eigenvalue weighted by molar-refractivity contribution is 6.09. The maximum atomic E-state index is 13.2. The molecule has 29 heavy (non-hydrogen) atoms. The van der Waals surface area contributed by atoms with Gasteiger partial charge in [0.25, 0.3) is 11.8 Å². The summed E-state index contributed by atoms with van der Waals surface area (Å²) >= 11 is 0. The summed E-state index contributed by atoms with van der Waals surface area (Å²) in [5.74, 6) is -0.251. The molecule has 1 unspecified atom stereocenters. The zero-order valence-electron chi connectivity index (χ0n) is 16.6. The number of amides is 2. The molecule has 1 fully saturated rings. The van der Waals surface area contributed by atoms with Crippen molar-refractivity contribution in [2.45, 2.75) is 26.4 Å². The van der Waals surface area contributed by atoms with Crippen LogP contribution in [-0.4, -0.2) is 45.1 Å². The number of carbonyl (C=O) groups is 2. The first kappa shape index (κ1) is 19.0. The monoisotopic (exact) mass is 396 g/mol. The lowest BCUT2D eigenvalue weighted by Crippen LogP contribution is -2.62. The number of allylic oxidation sites excluding steroid dienone is 2. The predicted molar refractivity (Wildman–Crippen MR) is 105 cm³/mol. The average Bonchev–Trinajstić information content (AvgIpc) is 3.21. The summed E-state index contributed by atoms with van der Waals surface area (Å²) in [7, 11) is 0. The van der Waals surface area contributed by atoms with E-state index in [1.165, 1.54) is 18.3 Å². The number of halogens is 1. The van der Waals surface area contributed by atoms with Crippen LogP contribution in [0.5, 0.6) is 0 Å². The van der Waals surface area contributed by atoms with Crippen molar-refractivity contribution in [3.63, 3.8) is 0 Å². The standard InChI is InChI=1S/C21H22FN5O2/c1-12(2)15(10-16(23)13-4-6-14(22)7-5-13)18-25-11-17-19(28)26-9-8-24-20(29)21(26,3)27(17)18/h4-7,10-12,23H,8-9H2,1-3H3,(H,24,29)/p+1. The minimum absolute atomic E-state index is 0.0138. The lowest BCUT2D eigenvalue weighted by Gasteiger charge is -2.39. The second-order valence-corrected chi connectivity index (χ2v) is 7.75. The highest BCUT2D eigenvalue weighted by Gasteiger charge is 2.54. The Balaban J connectivity index is 1.83. The third-order valence-electron chi connectivity index (χ3n) is 5.61. The van der Waals surface area contributed by atoms with Gasteiger partial charge in [0.15, 0.2) is 5.66 Å². The highest BCUT2D eigenvalue weighted by atomic mass is 19.1. The molecule has 8 heteroatoms. The van der Waals surface area contributed by atoms with Crippen molar-refractivity contribution in [1.29, 1.82) is 0 Å². The second kappa shape index (κ2) is 6.65. The first-order chi connectivity index (χ1) is 13.7. The van der Waals surface area contributed by atoms with Crippen LogP contribution in [0.2, 0.25) is 0 Å². The molecule has 1 aromatic heterocycles. The fourth-order valence-electron chi connectivity index (χ4n) is 3.98. The van der Waals surface area contributed by atoms with E-state index in [2.05, 4.69) is 10.3 Å². The third kappa shape index (κ3) is 2.78. The molecular weight excluding hydrogens is 373 g/mol. The number of nitrogens with two attached hydrogens (primary N) is 1. The van der Waals surface area contributed by atoms with Crippen molar-refractivity contribution in [3.8, 4) is 0 Å². The Morgan fingerprint density at radius 1 is 1.31 bits per heavy atom. The van der Waals surface area contributed by atoms with Crippen LogP contribution in [0.25, 0.3) is 5.57 Å². The minimum atomic E-state index is -1.17. The lowest BCUT2D eigenvalue weighted by molar-refractivity contribution is -0.139. The van der Waals surface area contributed by atoms with Gasteiger partial charge >= 0.3 is 0 Å². The Morgan fingerprint density at radius 2 is 2.00 bits per heavy atom. The summed E-state index contributed by atoms with van der Waals surface area (Å²) in [6.45, 7) is 6.57. The first-order valence-electron chi connectivity index (χ1n) is 9.54. The number of piperazine rings is 1. The SMILES string of the molecule is CC(C)C(=CC(=[NH2+])c1ccc(F)cc1)c1ncc2n1C1(C)C(=O)NCCN1C2=O. The van der Waals surface area contributed by atoms with Crippen molar-refractivity contribution in [2.24, 2.45) is 5.92 Å². The molecule has 1 aromatic carbocycles. The largest absolute Gasteiger partial charge is 0.351 e. The summed E-state index contributed by atoms with van der Waals surface area (Å²) in [5.41, 5.74) is 1.12. The summed E-state index contributed by atoms with van der Waals surface area (Å²) < 4.78 is 14.9. The number of aromatic nitrogens is 2. The van der Waals surface area contributed by atoms with Crippen LogP contribution in [0.4, 0.5) is 4.39 Å². The Morgan fingerprint density at radius 3 is 2.66 bits per heavy atom. The van der Waals surface area contributed by atoms with Gasteiger partial charge in [0.2, 0.25) is 5.71 Å². The van der Waals surface area contributed by atoms with Gasteiger partial charge in [0.05, 0.1) is 6.20 Å². The maximum absolute atomic E-state index is 13.2. The molecule has 0 saturated carbocycles. The summed E-state index contributed by atoms with van der Waals surface area (Å²) in [5, 5.41) is 9.12. The molecular formula is C21H23FN5O2+. The van der Waals surface area contributed by atoms with E-state index in [1.54, 1.807) is 34.6 Å². The van der Waals surface area contributed by atoms with Gasteiger partial charge in [-0.05, 0) is 37.1 Å². The van der Waals surface area contributed by atoms with Crippen LogP contribution >= 0.6 is 0 Å². The molecule has 7 nitrogen and oxygen atoms in total. The smallest absolute Gasteiger partial charge is 0.274 e. The van der Waals surface area contributed by atoms with Gasteiger partial charge in [0.1, 0.15) is 17.3 Å². The van der Waals surface area contributed by atoms with E-state index in [1.807, 2.05) is 13.8 Å². The topological polar surface area (TPSA) is 92.8 Å². The minimum Gasteiger partial charge on any atom is -0.351 e. The van der Waals surface area contributed by atoms with Gasteiger partial charge < -0.3 is 10.2 Å². The molecule has 1 atom stereocenters. The van der Waals surface area contributed by atoms with Gasteiger partial charge in [-0.15, -0.1) is 0 Å². The number of imidazole rings is 1. The zero-order valence-corrected chi connectivity index (χ0v) is 16.6. The molecule has 2 amide bonds. The highest BCUT2D eigenvalue weighted by Crippen LogP contribution is 2.38. The van der Waals surface area contributed by atoms with E-state index in [0.717, 1.165) is 5.57 Å². The number of carbonyl (C=O) groups excluding carboxylic acids is 2. The van der Waals surface area contributed by atoms with Gasteiger partial charge in [-0.1, -0.05) is 13.8 Å². The van der Waals surface area contributed by atoms with Gasteiger partial charge in [0, 0.05) is 30.3 Å². The van der Waals surface area contributed by atoms with Crippen LogP contribution in [0.15, 0.2) is 36.5 Å². The molecule has 2 aliphatic heterocycles. The Hall–Kier alpha value is -3.29.